The molecule has 162 valence electrons. The van der Waals surface area contributed by atoms with E-state index < -0.39 is 0 Å². The summed E-state index contributed by atoms with van der Waals surface area (Å²) in [4.78, 5) is 31.3. The first kappa shape index (κ1) is 21.6. The van der Waals surface area contributed by atoms with Crippen LogP contribution >= 0.6 is 11.3 Å². The van der Waals surface area contributed by atoms with Crippen molar-refractivity contribution in [3.63, 3.8) is 0 Å². The third-order valence-corrected chi connectivity index (χ3v) is 5.75. The minimum atomic E-state index is -0.249. The van der Waals surface area contributed by atoms with Gasteiger partial charge in [0.2, 0.25) is 0 Å². The first-order valence-corrected chi connectivity index (χ1v) is 11.0. The molecular weight excluding hydrogens is 422 g/mol. The van der Waals surface area contributed by atoms with E-state index in [-0.39, 0.29) is 11.9 Å². The topological polar surface area (TPSA) is 89.9 Å². The summed E-state index contributed by atoms with van der Waals surface area (Å²) in [6, 6.07) is 8.83. The van der Waals surface area contributed by atoms with Gasteiger partial charge in [0, 0.05) is 58.1 Å². The average Bonchev–Trinajstić information content (AvgIpc) is 3.20. The molecule has 0 saturated heterocycles. The highest BCUT2D eigenvalue weighted by molar-refractivity contribution is 7.14. The number of carbonyl (C=O) groups is 1. The lowest BCUT2D eigenvalue weighted by Gasteiger charge is -2.15. The van der Waals surface area contributed by atoms with Crippen molar-refractivity contribution in [2.75, 3.05) is 0 Å². The summed E-state index contributed by atoms with van der Waals surface area (Å²) < 4.78 is 6.06. The SMILES string of the molecule is Cc1cc(Oc2cc(C(=O)N[C@H](C)c3cnc(C)nc3)cc(-c3ncc(C)s3)c2)ccn1. The van der Waals surface area contributed by atoms with Crippen molar-refractivity contribution in [1.29, 1.82) is 0 Å². The van der Waals surface area contributed by atoms with Crippen LogP contribution in [0.3, 0.4) is 0 Å². The molecule has 4 aromatic rings. The van der Waals surface area contributed by atoms with Crippen molar-refractivity contribution < 1.29 is 9.53 Å². The number of hydrogen-bond acceptors (Lipinski definition) is 7. The minimum absolute atomic E-state index is 0.219. The number of rotatable bonds is 6. The smallest absolute Gasteiger partial charge is 0.251 e. The number of carbonyl (C=O) groups excluding carboxylic acids is 1. The van der Waals surface area contributed by atoms with Crippen molar-refractivity contribution in [3.05, 3.63) is 82.6 Å². The Morgan fingerprint density at radius 1 is 0.969 bits per heavy atom. The van der Waals surface area contributed by atoms with Crippen LogP contribution in [-0.4, -0.2) is 25.8 Å². The number of aryl methyl sites for hydroxylation is 3. The quantitative estimate of drug-likeness (QED) is 0.438. The number of ether oxygens (including phenoxy) is 1. The van der Waals surface area contributed by atoms with E-state index in [9.17, 15) is 4.79 Å². The Kier molecular flexibility index (Phi) is 6.23. The monoisotopic (exact) mass is 445 g/mol. The predicted molar refractivity (Wildman–Crippen MR) is 124 cm³/mol. The summed E-state index contributed by atoms with van der Waals surface area (Å²) in [5, 5.41) is 3.84. The van der Waals surface area contributed by atoms with Gasteiger partial charge in [0.25, 0.3) is 5.91 Å². The van der Waals surface area contributed by atoms with Crippen LogP contribution in [0.15, 0.2) is 55.1 Å². The molecule has 0 aliphatic heterocycles. The van der Waals surface area contributed by atoms with Gasteiger partial charge in [-0.2, -0.15) is 0 Å². The molecule has 1 amide bonds. The Morgan fingerprint density at radius 3 is 2.44 bits per heavy atom. The first-order valence-electron chi connectivity index (χ1n) is 10.1. The molecule has 0 bridgehead atoms. The Bertz CT molecular complexity index is 1250. The molecular formula is C24H23N5O2S. The molecule has 0 aliphatic carbocycles. The molecule has 0 radical (unpaired) electrons. The second-order valence-electron chi connectivity index (χ2n) is 7.52. The Morgan fingerprint density at radius 2 is 1.75 bits per heavy atom. The molecule has 7 nitrogen and oxygen atoms in total. The predicted octanol–water partition coefficient (Wildman–Crippen LogP) is 5.20. The highest BCUT2D eigenvalue weighted by Crippen LogP contribution is 2.32. The van der Waals surface area contributed by atoms with E-state index in [2.05, 4.69) is 25.3 Å². The third kappa shape index (κ3) is 5.15. The number of pyridine rings is 1. The minimum Gasteiger partial charge on any atom is -0.457 e. The van der Waals surface area contributed by atoms with Crippen LogP contribution in [0.2, 0.25) is 0 Å². The Hall–Kier alpha value is -3.65. The summed E-state index contributed by atoms with van der Waals surface area (Å²) in [5.74, 6) is 1.68. The highest BCUT2D eigenvalue weighted by atomic mass is 32.1. The molecule has 3 aromatic heterocycles. The molecule has 3 heterocycles. The lowest BCUT2D eigenvalue weighted by molar-refractivity contribution is 0.0939. The number of thiazole rings is 1. The molecule has 0 unspecified atom stereocenters. The van der Waals surface area contributed by atoms with Crippen molar-refractivity contribution >= 4 is 17.2 Å². The number of nitrogens with zero attached hydrogens (tertiary/aromatic N) is 4. The van der Waals surface area contributed by atoms with Crippen LogP contribution in [0.5, 0.6) is 11.5 Å². The maximum Gasteiger partial charge on any atom is 0.251 e. The van der Waals surface area contributed by atoms with Gasteiger partial charge in [0.15, 0.2) is 0 Å². The van der Waals surface area contributed by atoms with Crippen LogP contribution in [0.4, 0.5) is 0 Å². The van der Waals surface area contributed by atoms with Gasteiger partial charge < -0.3 is 10.1 Å². The second kappa shape index (κ2) is 9.23. The highest BCUT2D eigenvalue weighted by Gasteiger charge is 2.16. The van der Waals surface area contributed by atoms with Gasteiger partial charge in [-0.1, -0.05) is 0 Å². The van der Waals surface area contributed by atoms with Gasteiger partial charge in [0.05, 0.1) is 6.04 Å². The van der Waals surface area contributed by atoms with Crippen LogP contribution < -0.4 is 10.1 Å². The van der Waals surface area contributed by atoms with Crippen LogP contribution in [0.1, 0.15) is 45.3 Å². The normalized spacial score (nSPS) is 11.8. The van der Waals surface area contributed by atoms with Gasteiger partial charge in [-0.3, -0.25) is 9.78 Å². The second-order valence-corrected chi connectivity index (χ2v) is 8.75. The van der Waals surface area contributed by atoms with Gasteiger partial charge >= 0.3 is 0 Å². The Balaban J connectivity index is 1.65. The largest absolute Gasteiger partial charge is 0.457 e. The van der Waals surface area contributed by atoms with E-state index in [0.717, 1.165) is 26.7 Å². The number of amides is 1. The molecule has 0 aliphatic rings. The molecule has 0 fully saturated rings. The molecule has 1 N–H and O–H groups in total. The number of hydrogen-bond donors (Lipinski definition) is 1. The number of nitrogens with one attached hydrogen (secondary N) is 1. The first-order chi connectivity index (χ1) is 15.4. The van der Waals surface area contributed by atoms with Crippen molar-refractivity contribution in [3.8, 4) is 22.1 Å². The fraction of sp³-hybridized carbons (Fsp3) is 0.208. The van der Waals surface area contributed by atoms with Crippen LogP contribution in [0.25, 0.3) is 10.6 Å². The lowest BCUT2D eigenvalue weighted by Crippen LogP contribution is -2.27. The molecule has 1 atom stereocenters. The van der Waals surface area contributed by atoms with Crippen LogP contribution in [-0.2, 0) is 0 Å². The standard InChI is InChI=1S/C24H23N5O2S/c1-14-7-21(5-6-25-14)31-22-9-18(8-19(10-22)24-28-11-15(2)32-24)23(30)29-16(3)20-12-26-17(4)27-13-20/h5-13,16H,1-4H3,(H,29,30)/t16-/m1/s1. The number of aromatic nitrogens is 4. The van der Waals surface area contributed by atoms with Crippen molar-refractivity contribution in [2.45, 2.75) is 33.7 Å². The van der Waals surface area contributed by atoms with E-state index >= 15 is 0 Å². The van der Waals surface area contributed by atoms with E-state index in [4.69, 9.17) is 4.74 Å². The molecule has 8 heteroatoms. The lowest BCUT2D eigenvalue weighted by atomic mass is 10.1. The fourth-order valence-corrected chi connectivity index (χ4v) is 3.86. The van der Waals surface area contributed by atoms with E-state index in [1.807, 2.05) is 52.1 Å². The van der Waals surface area contributed by atoms with Crippen molar-refractivity contribution in [2.24, 2.45) is 0 Å². The van der Waals surface area contributed by atoms with Gasteiger partial charge in [-0.15, -0.1) is 11.3 Å². The summed E-state index contributed by atoms with van der Waals surface area (Å²) in [7, 11) is 0. The molecule has 0 spiro atoms. The molecule has 0 saturated carbocycles. The zero-order valence-electron chi connectivity index (χ0n) is 18.3. The summed E-state index contributed by atoms with van der Waals surface area (Å²) in [5.41, 5.74) is 2.99. The molecule has 1 aromatic carbocycles. The van der Waals surface area contributed by atoms with Gasteiger partial charge in [-0.05, 0) is 52.0 Å². The average molecular weight is 446 g/mol. The maximum absolute atomic E-state index is 13.1. The van der Waals surface area contributed by atoms with E-state index in [0.29, 0.717) is 22.9 Å². The van der Waals surface area contributed by atoms with Gasteiger partial charge in [0.1, 0.15) is 22.3 Å². The Labute approximate surface area is 190 Å². The maximum atomic E-state index is 13.1. The zero-order chi connectivity index (χ0) is 22.7. The third-order valence-electron chi connectivity index (χ3n) is 4.79. The molecule has 4 rings (SSSR count). The number of benzene rings is 1. The van der Waals surface area contributed by atoms with E-state index in [1.54, 1.807) is 42.1 Å². The summed E-state index contributed by atoms with van der Waals surface area (Å²) >= 11 is 1.57. The summed E-state index contributed by atoms with van der Waals surface area (Å²) in [6.07, 6.45) is 6.96. The van der Waals surface area contributed by atoms with Gasteiger partial charge in [-0.25, -0.2) is 15.0 Å². The van der Waals surface area contributed by atoms with Crippen molar-refractivity contribution in [1.82, 2.24) is 25.3 Å². The van der Waals surface area contributed by atoms with E-state index in [1.165, 1.54) is 0 Å². The van der Waals surface area contributed by atoms with Crippen LogP contribution in [0, 0.1) is 20.8 Å². The zero-order valence-corrected chi connectivity index (χ0v) is 19.1. The molecule has 32 heavy (non-hydrogen) atoms. The summed E-state index contributed by atoms with van der Waals surface area (Å²) in [6.45, 7) is 7.62. The fourth-order valence-electron chi connectivity index (χ4n) is 3.11.